The Kier molecular flexibility index (Phi) is 3.33. The summed E-state index contributed by atoms with van der Waals surface area (Å²) in [5.41, 5.74) is 7.22. The number of fused-ring (bicyclic) bond motifs is 3. The second-order valence-corrected chi connectivity index (χ2v) is 6.89. The molecule has 0 radical (unpaired) electrons. The van der Waals surface area contributed by atoms with Crippen LogP contribution in [0.15, 0.2) is 55.0 Å². The molecule has 3 heterocycles. The van der Waals surface area contributed by atoms with Gasteiger partial charge in [-0.2, -0.15) is 5.10 Å². The molecule has 0 aliphatic heterocycles. The van der Waals surface area contributed by atoms with Crippen molar-refractivity contribution >= 4 is 16.7 Å². The fraction of sp³-hybridized carbons (Fsp3) is 0.143. The molecule has 0 spiro atoms. The van der Waals surface area contributed by atoms with E-state index in [1.807, 2.05) is 9.08 Å². The summed E-state index contributed by atoms with van der Waals surface area (Å²) in [5.74, 6) is 0.776. The maximum Gasteiger partial charge on any atom is 0.175 e. The molecule has 0 aliphatic carbocycles. The zero-order chi connectivity index (χ0) is 18.5. The highest BCUT2D eigenvalue weighted by molar-refractivity contribution is 5.90. The smallest absolute Gasteiger partial charge is 0.175 e. The molecule has 0 unspecified atom stereocenters. The lowest BCUT2D eigenvalue weighted by atomic mass is 10.1. The van der Waals surface area contributed by atoms with Crippen molar-refractivity contribution in [3.8, 4) is 17.1 Å². The molecule has 0 aliphatic rings. The minimum absolute atomic E-state index is 0.755. The predicted molar refractivity (Wildman–Crippen MR) is 105 cm³/mol. The van der Waals surface area contributed by atoms with Crippen LogP contribution in [-0.2, 0) is 0 Å². The normalized spacial score (nSPS) is 11.5. The molecule has 5 aromatic rings. The van der Waals surface area contributed by atoms with Crippen molar-refractivity contribution in [1.82, 2.24) is 29.4 Å². The lowest BCUT2D eigenvalue weighted by Crippen LogP contribution is -2.00. The monoisotopic (exact) mass is 354 g/mol. The number of benzene rings is 2. The minimum atomic E-state index is 0.755. The van der Waals surface area contributed by atoms with E-state index in [-0.39, 0.29) is 0 Å². The Morgan fingerprint density at radius 3 is 2.41 bits per heavy atom. The molecule has 0 bridgehead atoms. The molecule has 0 saturated carbocycles. The molecule has 0 amide bonds. The third-order valence-corrected chi connectivity index (χ3v) is 5.02. The van der Waals surface area contributed by atoms with Gasteiger partial charge in [-0.1, -0.05) is 35.9 Å². The molecule has 0 fully saturated rings. The maximum atomic E-state index is 4.66. The lowest BCUT2D eigenvalue weighted by molar-refractivity contribution is 0.891. The van der Waals surface area contributed by atoms with E-state index in [0.717, 1.165) is 33.8 Å². The van der Waals surface area contributed by atoms with Gasteiger partial charge in [-0.25, -0.2) is 9.67 Å². The second-order valence-electron chi connectivity index (χ2n) is 6.89. The average Bonchev–Trinajstić information content (AvgIpc) is 3.28. The molecular formula is C21H18N6. The van der Waals surface area contributed by atoms with Crippen LogP contribution in [0.25, 0.3) is 33.8 Å². The van der Waals surface area contributed by atoms with Crippen LogP contribution in [0.5, 0.6) is 0 Å². The van der Waals surface area contributed by atoms with Crippen LogP contribution in [0.2, 0.25) is 0 Å². The van der Waals surface area contributed by atoms with E-state index in [1.165, 1.54) is 16.7 Å². The van der Waals surface area contributed by atoms with E-state index in [0.29, 0.717) is 0 Å². The molecule has 0 saturated heterocycles. The van der Waals surface area contributed by atoms with Gasteiger partial charge in [-0.15, -0.1) is 10.2 Å². The Hall–Kier alpha value is -3.54. The third-order valence-electron chi connectivity index (χ3n) is 5.02. The molecule has 0 N–H and O–H groups in total. The molecule has 5 rings (SSSR count). The van der Waals surface area contributed by atoms with Crippen LogP contribution < -0.4 is 0 Å². The van der Waals surface area contributed by atoms with Gasteiger partial charge in [-0.05, 0) is 44.0 Å². The van der Waals surface area contributed by atoms with E-state index in [9.17, 15) is 0 Å². The van der Waals surface area contributed by atoms with Gasteiger partial charge in [0.2, 0.25) is 0 Å². The topological polar surface area (TPSA) is 60.9 Å². The van der Waals surface area contributed by atoms with Crippen LogP contribution in [0.4, 0.5) is 0 Å². The number of aryl methyl sites for hydroxylation is 3. The van der Waals surface area contributed by atoms with Gasteiger partial charge in [0, 0.05) is 5.56 Å². The van der Waals surface area contributed by atoms with Crippen molar-refractivity contribution in [2.45, 2.75) is 20.8 Å². The zero-order valence-corrected chi connectivity index (χ0v) is 15.4. The summed E-state index contributed by atoms with van der Waals surface area (Å²) in [4.78, 5) is 4.66. The highest BCUT2D eigenvalue weighted by atomic mass is 15.3. The summed E-state index contributed by atoms with van der Waals surface area (Å²) >= 11 is 0. The molecular weight excluding hydrogens is 336 g/mol. The van der Waals surface area contributed by atoms with Gasteiger partial charge in [0.25, 0.3) is 0 Å². The van der Waals surface area contributed by atoms with Crippen LogP contribution in [0, 0.1) is 20.8 Å². The summed E-state index contributed by atoms with van der Waals surface area (Å²) in [7, 11) is 0. The van der Waals surface area contributed by atoms with Gasteiger partial charge in [-0.3, -0.25) is 4.40 Å². The van der Waals surface area contributed by atoms with E-state index < -0.39 is 0 Å². The number of aromatic nitrogens is 6. The van der Waals surface area contributed by atoms with Crippen LogP contribution in [0.3, 0.4) is 0 Å². The Morgan fingerprint density at radius 1 is 0.815 bits per heavy atom. The fourth-order valence-corrected chi connectivity index (χ4v) is 3.27. The first-order valence-electron chi connectivity index (χ1n) is 8.84. The van der Waals surface area contributed by atoms with Crippen molar-refractivity contribution in [3.63, 3.8) is 0 Å². The van der Waals surface area contributed by atoms with Crippen molar-refractivity contribution in [2.75, 3.05) is 0 Å². The predicted octanol–water partition coefficient (Wildman–Crippen LogP) is 4.06. The standard InChI is InChI=1S/C21H18N6/c1-13-4-7-16(8-5-13)19-24-25-21-18-11-23-27(20(18)22-12-26(19)21)17-9-6-14(2)15(3)10-17/h4-12H,1-3H3. The average molecular weight is 354 g/mol. The lowest BCUT2D eigenvalue weighted by Gasteiger charge is -2.06. The van der Waals surface area contributed by atoms with Crippen LogP contribution >= 0.6 is 0 Å². The summed E-state index contributed by atoms with van der Waals surface area (Å²) in [6, 6.07) is 14.5. The van der Waals surface area contributed by atoms with Gasteiger partial charge < -0.3 is 0 Å². The summed E-state index contributed by atoms with van der Waals surface area (Å²) in [6.45, 7) is 6.27. The van der Waals surface area contributed by atoms with Gasteiger partial charge in [0.05, 0.1) is 17.3 Å². The first-order valence-corrected chi connectivity index (χ1v) is 8.84. The molecule has 3 aromatic heterocycles. The van der Waals surface area contributed by atoms with E-state index in [4.69, 9.17) is 0 Å². The first kappa shape index (κ1) is 15.7. The number of rotatable bonds is 2. The summed E-state index contributed by atoms with van der Waals surface area (Å²) in [6.07, 6.45) is 3.58. The Morgan fingerprint density at radius 2 is 1.63 bits per heavy atom. The van der Waals surface area contributed by atoms with Crippen molar-refractivity contribution < 1.29 is 0 Å². The van der Waals surface area contributed by atoms with Gasteiger partial charge in [0.1, 0.15) is 6.33 Å². The zero-order valence-electron chi connectivity index (χ0n) is 15.4. The molecule has 2 aromatic carbocycles. The highest BCUT2D eigenvalue weighted by Gasteiger charge is 2.15. The molecule has 132 valence electrons. The Bertz CT molecular complexity index is 1290. The number of nitrogens with zero attached hydrogens (tertiary/aromatic N) is 6. The van der Waals surface area contributed by atoms with Crippen LogP contribution in [-0.4, -0.2) is 29.4 Å². The summed E-state index contributed by atoms with van der Waals surface area (Å²) < 4.78 is 3.77. The molecule has 0 atom stereocenters. The van der Waals surface area contributed by atoms with E-state index in [1.54, 1.807) is 12.5 Å². The fourth-order valence-electron chi connectivity index (χ4n) is 3.27. The Balaban J connectivity index is 1.70. The Labute approximate surface area is 156 Å². The van der Waals surface area contributed by atoms with Crippen LogP contribution in [0.1, 0.15) is 16.7 Å². The van der Waals surface area contributed by atoms with E-state index >= 15 is 0 Å². The number of hydrogen-bond acceptors (Lipinski definition) is 4. The summed E-state index contributed by atoms with van der Waals surface area (Å²) in [5, 5.41) is 14.2. The van der Waals surface area contributed by atoms with Crippen molar-refractivity contribution in [2.24, 2.45) is 0 Å². The molecule has 27 heavy (non-hydrogen) atoms. The molecule has 6 heteroatoms. The first-order chi connectivity index (χ1) is 13.1. The maximum absolute atomic E-state index is 4.66. The van der Waals surface area contributed by atoms with Crippen molar-refractivity contribution in [1.29, 1.82) is 0 Å². The third kappa shape index (κ3) is 2.41. The van der Waals surface area contributed by atoms with E-state index in [2.05, 4.69) is 83.5 Å². The van der Waals surface area contributed by atoms with Gasteiger partial charge in [0.15, 0.2) is 17.1 Å². The van der Waals surface area contributed by atoms with Crippen molar-refractivity contribution in [3.05, 3.63) is 71.7 Å². The minimum Gasteiger partial charge on any atom is -0.265 e. The highest BCUT2D eigenvalue weighted by Crippen LogP contribution is 2.24. The molecule has 6 nitrogen and oxygen atoms in total. The quantitative estimate of drug-likeness (QED) is 0.480. The second kappa shape index (κ2) is 5.74. The SMILES string of the molecule is Cc1ccc(-c2nnc3c4cnn(-c5ccc(C)c(C)c5)c4ncn23)cc1. The largest absolute Gasteiger partial charge is 0.265 e. The number of hydrogen-bond donors (Lipinski definition) is 0. The van der Waals surface area contributed by atoms with Gasteiger partial charge >= 0.3 is 0 Å².